The molecule has 3 heterocycles. The Morgan fingerprint density at radius 2 is 1.85 bits per heavy atom. The van der Waals surface area contributed by atoms with Crippen LogP contribution in [0.2, 0.25) is 0 Å². The molecule has 1 unspecified atom stereocenters. The maximum absolute atomic E-state index is 12.7. The van der Waals surface area contributed by atoms with Crippen LogP contribution in [0, 0.1) is 11.8 Å². The lowest BCUT2D eigenvalue weighted by molar-refractivity contribution is -0.145. The Morgan fingerprint density at radius 3 is 2.56 bits per heavy atom. The van der Waals surface area contributed by atoms with Gasteiger partial charge in [-0.05, 0) is 25.2 Å². The molecule has 2 aliphatic heterocycles. The predicted octanol–water partition coefficient (Wildman–Crippen LogP) is 2.68. The highest BCUT2D eigenvalue weighted by Crippen LogP contribution is 2.33. The van der Waals surface area contributed by atoms with Crippen LogP contribution in [0.4, 0.5) is 0 Å². The number of aromatic nitrogens is 1. The summed E-state index contributed by atoms with van der Waals surface area (Å²) in [7, 11) is 0. The summed E-state index contributed by atoms with van der Waals surface area (Å²) >= 11 is 0. The topological polar surface area (TPSA) is 92.9 Å². The summed E-state index contributed by atoms with van der Waals surface area (Å²) in [6.07, 6.45) is 1.80. The number of hydrogen-bond donors (Lipinski definition) is 1. The number of carbonyl (C=O) groups is 2. The first-order valence-electron chi connectivity index (χ1n) is 9.29. The van der Waals surface area contributed by atoms with Gasteiger partial charge in [-0.15, -0.1) is 0 Å². The third-order valence-corrected chi connectivity index (χ3v) is 5.53. The van der Waals surface area contributed by atoms with E-state index in [0.29, 0.717) is 31.8 Å². The largest absolute Gasteiger partial charge is 0.481 e. The van der Waals surface area contributed by atoms with E-state index < -0.39 is 11.9 Å². The fourth-order valence-corrected chi connectivity index (χ4v) is 4.05. The van der Waals surface area contributed by atoms with Gasteiger partial charge in [-0.3, -0.25) is 9.59 Å². The fourth-order valence-electron chi connectivity index (χ4n) is 4.05. The van der Waals surface area contributed by atoms with Crippen molar-refractivity contribution in [3.05, 3.63) is 42.2 Å². The first kappa shape index (κ1) is 17.7. The zero-order chi connectivity index (χ0) is 18.8. The van der Waals surface area contributed by atoms with Crippen LogP contribution in [0.1, 0.15) is 29.8 Å². The van der Waals surface area contributed by atoms with E-state index in [-0.39, 0.29) is 23.7 Å². The predicted molar refractivity (Wildman–Crippen MR) is 96.0 cm³/mol. The summed E-state index contributed by atoms with van der Waals surface area (Å²) in [6, 6.07) is 11.2. The van der Waals surface area contributed by atoms with Crippen molar-refractivity contribution in [2.45, 2.75) is 25.4 Å². The number of likely N-dealkylation sites (tertiary alicyclic amines) is 1. The first-order valence-corrected chi connectivity index (χ1v) is 9.29. The number of ether oxygens (including phenoxy) is 1. The lowest BCUT2D eigenvalue weighted by atomic mass is 9.84. The summed E-state index contributed by atoms with van der Waals surface area (Å²) in [5, 5.41) is 13.3. The van der Waals surface area contributed by atoms with Gasteiger partial charge in [0.15, 0.2) is 0 Å². The Bertz CT molecular complexity index is 811. The molecule has 7 heteroatoms. The molecule has 1 aromatic carbocycles. The summed E-state index contributed by atoms with van der Waals surface area (Å²) in [5.74, 6) is -0.989. The van der Waals surface area contributed by atoms with Crippen molar-refractivity contribution >= 4 is 11.9 Å². The number of nitrogens with zero attached hydrogens (tertiary/aromatic N) is 2. The number of amides is 1. The van der Waals surface area contributed by atoms with E-state index in [1.54, 1.807) is 11.0 Å². The van der Waals surface area contributed by atoms with Crippen molar-refractivity contribution in [1.82, 2.24) is 10.1 Å². The molecule has 0 radical (unpaired) electrons. The van der Waals surface area contributed by atoms with Crippen molar-refractivity contribution < 1.29 is 24.0 Å². The molecule has 0 aliphatic carbocycles. The summed E-state index contributed by atoms with van der Waals surface area (Å²) in [6.45, 7) is 1.63. The lowest BCUT2D eigenvalue weighted by Crippen LogP contribution is -2.43. The van der Waals surface area contributed by atoms with Gasteiger partial charge in [-0.25, -0.2) is 0 Å². The third kappa shape index (κ3) is 3.60. The minimum absolute atomic E-state index is 0.173. The molecule has 27 heavy (non-hydrogen) atoms. The second-order valence-corrected chi connectivity index (χ2v) is 7.14. The third-order valence-electron chi connectivity index (χ3n) is 5.53. The smallest absolute Gasteiger partial charge is 0.309 e. The monoisotopic (exact) mass is 370 g/mol. The number of benzene rings is 1. The Balaban J connectivity index is 1.38. The molecule has 1 N–H and O–H groups in total. The van der Waals surface area contributed by atoms with E-state index in [1.807, 2.05) is 30.3 Å². The van der Waals surface area contributed by atoms with Crippen molar-refractivity contribution in [2.75, 3.05) is 19.7 Å². The van der Waals surface area contributed by atoms with Crippen LogP contribution in [0.5, 0.6) is 0 Å². The van der Waals surface area contributed by atoms with Crippen LogP contribution in [-0.4, -0.2) is 52.8 Å². The van der Waals surface area contributed by atoms with Gasteiger partial charge in [0.05, 0.1) is 12.0 Å². The summed E-state index contributed by atoms with van der Waals surface area (Å²) < 4.78 is 11.0. The molecule has 0 saturated carbocycles. The number of carboxylic acid groups (broad SMARTS) is 1. The van der Waals surface area contributed by atoms with Crippen molar-refractivity contribution in [3.8, 4) is 11.3 Å². The quantitative estimate of drug-likeness (QED) is 0.889. The number of piperidine rings is 1. The zero-order valence-electron chi connectivity index (χ0n) is 14.9. The first-order chi connectivity index (χ1) is 13.1. The zero-order valence-corrected chi connectivity index (χ0v) is 14.9. The second kappa shape index (κ2) is 7.52. The molecule has 2 aliphatic rings. The fraction of sp³-hybridized carbons (Fsp3) is 0.450. The van der Waals surface area contributed by atoms with Gasteiger partial charge < -0.3 is 19.3 Å². The molecular formula is C20H22N2O5. The van der Waals surface area contributed by atoms with Crippen LogP contribution in [0.3, 0.4) is 0 Å². The van der Waals surface area contributed by atoms with Crippen molar-refractivity contribution in [1.29, 1.82) is 0 Å². The van der Waals surface area contributed by atoms with Crippen molar-refractivity contribution in [3.63, 3.8) is 0 Å². The molecule has 1 amide bonds. The van der Waals surface area contributed by atoms with E-state index in [0.717, 1.165) is 18.4 Å². The minimum atomic E-state index is -0.786. The maximum Gasteiger partial charge on any atom is 0.309 e. The van der Waals surface area contributed by atoms with Crippen LogP contribution >= 0.6 is 0 Å². The number of carboxylic acids is 1. The lowest BCUT2D eigenvalue weighted by Gasteiger charge is -2.35. The van der Waals surface area contributed by atoms with E-state index in [9.17, 15) is 14.7 Å². The number of rotatable bonds is 4. The molecular weight excluding hydrogens is 348 g/mol. The molecule has 2 aromatic rings. The second-order valence-electron chi connectivity index (χ2n) is 7.14. The molecule has 0 spiro atoms. The van der Waals surface area contributed by atoms with Crippen molar-refractivity contribution in [2.24, 2.45) is 11.8 Å². The molecule has 2 saturated heterocycles. The molecule has 4 rings (SSSR count). The molecule has 7 nitrogen and oxygen atoms in total. The standard InChI is InChI=1S/C20H22N2O5/c23-19(17-12-16(21-27-17)13-4-2-1-3-5-13)22-9-6-14(7-10-22)18-15(20(24)25)8-11-26-18/h1-5,12,14-15,18H,6-11H2,(H,24,25)/t15?,18-/m0/s1. The molecule has 142 valence electrons. The Morgan fingerprint density at radius 1 is 1.11 bits per heavy atom. The van der Waals surface area contributed by atoms with Gasteiger partial charge in [0.25, 0.3) is 5.91 Å². The summed E-state index contributed by atoms with van der Waals surface area (Å²) in [5.41, 5.74) is 1.54. The van der Waals surface area contributed by atoms with Crippen LogP contribution in [0.25, 0.3) is 11.3 Å². The van der Waals surface area contributed by atoms with Crippen LogP contribution in [-0.2, 0) is 9.53 Å². The average Bonchev–Trinajstić information content (AvgIpc) is 3.38. The maximum atomic E-state index is 12.7. The number of hydrogen-bond acceptors (Lipinski definition) is 5. The summed E-state index contributed by atoms with van der Waals surface area (Å²) in [4.78, 5) is 25.8. The normalized spacial score (nSPS) is 23.5. The van der Waals surface area contributed by atoms with Crippen LogP contribution in [0.15, 0.2) is 40.9 Å². The highest BCUT2D eigenvalue weighted by atomic mass is 16.5. The van der Waals surface area contributed by atoms with E-state index in [2.05, 4.69) is 5.16 Å². The highest BCUT2D eigenvalue weighted by Gasteiger charge is 2.41. The molecule has 0 bridgehead atoms. The molecule has 1 aromatic heterocycles. The van der Waals surface area contributed by atoms with Gasteiger partial charge in [0.1, 0.15) is 5.69 Å². The van der Waals surface area contributed by atoms with Gasteiger partial charge in [-0.2, -0.15) is 0 Å². The Kier molecular flexibility index (Phi) is 4.94. The SMILES string of the molecule is O=C(O)C1CCO[C@H]1C1CCN(C(=O)c2cc(-c3ccccc3)no2)CC1. The molecule has 2 fully saturated rings. The minimum Gasteiger partial charge on any atom is -0.481 e. The van der Waals surface area contributed by atoms with Gasteiger partial charge in [0.2, 0.25) is 5.76 Å². The van der Waals surface area contributed by atoms with E-state index >= 15 is 0 Å². The van der Waals surface area contributed by atoms with Gasteiger partial charge in [0, 0.05) is 31.3 Å². The highest BCUT2D eigenvalue weighted by molar-refractivity contribution is 5.92. The number of aliphatic carboxylic acids is 1. The number of carbonyl (C=O) groups excluding carboxylic acids is 1. The van der Waals surface area contributed by atoms with Gasteiger partial charge >= 0.3 is 5.97 Å². The Labute approximate surface area is 156 Å². The van der Waals surface area contributed by atoms with Crippen LogP contribution < -0.4 is 0 Å². The Hall–Kier alpha value is -2.67. The van der Waals surface area contributed by atoms with E-state index in [4.69, 9.17) is 9.26 Å². The molecule has 2 atom stereocenters. The van der Waals surface area contributed by atoms with E-state index in [1.165, 1.54) is 0 Å². The average molecular weight is 370 g/mol. The van der Waals surface area contributed by atoms with Gasteiger partial charge in [-0.1, -0.05) is 35.5 Å².